The summed E-state index contributed by atoms with van der Waals surface area (Å²) in [6.45, 7) is 7.81. The van der Waals surface area contributed by atoms with Crippen LogP contribution in [0.5, 0.6) is 5.75 Å². The van der Waals surface area contributed by atoms with Gasteiger partial charge in [-0.05, 0) is 48.7 Å². The Bertz CT molecular complexity index is 998. The number of aryl methyl sites for hydroxylation is 1. The lowest BCUT2D eigenvalue weighted by Crippen LogP contribution is -2.40. The molecule has 1 aliphatic rings. The molecule has 1 heterocycles. The standard InChI is InChI=1S/C22H28N2O5S/c1-16(2)15-29-20-6-4-5-18(13-20)22(25)23-19-8-7-17(3)21(14-19)30(26,27)24-9-11-28-12-10-24/h4-8,13-14,16H,9-12,15H2,1-3H3,(H,23,25). The Labute approximate surface area is 178 Å². The van der Waals surface area contributed by atoms with Gasteiger partial charge >= 0.3 is 0 Å². The number of carbonyl (C=O) groups is 1. The molecule has 3 rings (SSSR count). The lowest BCUT2D eigenvalue weighted by Gasteiger charge is -2.26. The zero-order valence-corrected chi connectivity index (χ0v) is 18.4. The summed E-state index contributed by atoms with van der Waals surface area (Å²) >= 11 is 0. The molecule has 8 heteroatoms. The fraction of sp³-hybridized carbons (Fsp3) is 0.409. The highest BCUT2D eigenvalue weighted by Crippen LogP contribution is 2.25. The quantitative estimate of drug-likeness (QED) is 0.726. The molecule has 0 radical (unpaired) electrons. The van der Waals surface area contributed by atoms with E-state index in [-0.39, 0.29) is 10.8 Å². The molecule has 1 N–H and O–H groups in total. The van der Waals surface area contributed by atoms with Crippen LogP contribution in [0, 0.1) is 12.8 Å². The van der Waals surface area contributed by atoms with Crippen molar-refractivity contribution in [3.05, 3.63) is 53.6 Å². The molecule has 2 aromatic carbocycles. The van der Waals surface area contributed by atoms with E-state index < -0.39 is 10.0 Å². The molecule has 2 aromatic rings. The average molecular weight is 433 g/mol. The number of nitrogens with one attached hydrogen (secondary N) is 1. The summed E-state index contributed by atoms with van der Waals surface area (Å²) in [6.07, 6.45) is 0. The van der Waals surface area contributed by atoms with Gasteiger partial charge in [0.2, 0.25) is 10.0 Å². The monoisotopic (exact) mass is 432 g/mol. The number of nitrogens with zero attached hydrogens (tertiary/aromatic N) is 1. The van der Waals surface area contributed by atoms with Crippen LogP contribution in [0.3, 0.4) is 0 Å². The lowest BCUT2D eigenvalue weighted by atomic mass is 10.2. The van der Waals surface area contributed by atoms with E-state index in [0.29, 0.717) is 61.4 Å². The molecule has 0 saturated carbocycles. The van der Waals surface area contributed by atoms with Crippen LogP contribution in [0.1, 0.15) is 29.8 Å². The van der Waals surface area contributed by atoms with Gasteiger partial charge in [0.05, 0.1) is 24.7 Å². The molecule has 1 aliphatic heterocycles. The van der Waals surface area contributed by atoms with Crippen molar-refractivity contribution in [3.63, 3.8) is 0 Å². The molecule has 0 bridgehead atoms. The predicted molar refractivity (Wildman–Crippen MR) is 115 cm³/mol. The van der Waals surface area contributed by atoms with Crippen molar-refractivity contribution in [2.24, 2.45) is 5.92 Å². The van der Waals surface area contributed by atoms with Crippen molar-refractivity contribution >= 4 is 21.6 Å². The van der Waals surface area contributed by atoms with Gasteiger partial charge in [0.25, 0.3) is 5.91 Å². The van der Waals surface area contributed by atoms with E-state index in [2.05, 4.69) is 19.2 Å². The van der Waals surface area contributed by atoms with E-state index in [0.717, 1.165) is 0 Å². The maximum atomic E-state index is 13.0. The minimum atomic E-state index is -3.66. The molecule has 1 saturated heterocycles. The van der Waals surface area contributed by atoms with Crippen LogP contribution in [0.4, 0.5) is 5.69 Å². The van der Waals surface area contributed by atoms with Crippen LogP contribution in [0.25, 0.3) is 0 Å². The number of ether oxygens (including phenoxy) is 2. The largest absolute Gasteiger partial charge is 0.493 e. The first-order chi connectivity index (χ1) is 14.3. The summed E-state index contributed by atoms with van der Waals surface area (Å²) in [5.74, 6) is 0.668. The number of morpholine rings is 1. The Balaban J connectivity index is 1.78. The van der Waals surface area contributed by atoms with E-state index in [4.69, 9.17) is 9.47 Å². The zero-order chi connectivity index (χ0) is 21.7. The highest BCUT2D eigenvalue weighted by Gasteiger charge is 2.28. The number of hydrogen-bond acceptors (Lipinski definition) is 5. The number of amides is 1. The van der Waals surface area contributed by atoms with E-state index in [1.807, 2.05) is 0 Å². The van der Waals surface area contributed by atoms with Crippen LogP contribution < -0.4 is 10.1 Å². The normalized spacial score (nSPS) is 15.2. The van der Waals surface area contributed by atoms with Crippen molar-refractivity contribution in [2.45, 2.75) is 25.7 Å². The van der Waals surface area contributed by atoms with Gasteiger partial charge in [-0.1, -0.05) is 26.0 Å². The fourth-order valence-corrected chi connectivity index (χ4v) is 4.73. The average Bonchev–Trinajstić information content (AvgIpc) is 2.74. The summed E-state index contributed by atoms with van der Waals surface area (Å²) in [4.78, 5) is 12.9. The Kier molecular flexibility index (Phi) is 7.12. The Morgan fingerprint density at radius 1 is 1.17 bits per heavy atom. The van der Waals surface area contributed by atoms with Crippen LogP contribution >= 0.6 is 0 Å². The minimum Gasteiger partial charge on any atom is -0.493 e. The number of sulfonamides is 1. The van der Waals surface area contributed by atoms with Gasteiger partial charge in [-0.2, -0.15) is 4.31 Å². The van der Waals surface area contributed by atoms with Crippen molar-refractivity contribution < 1.29 is 22.7 Å². The van der Waals surface area contributed by atoms with Crippen molar-refractivity contribution in [3.8, 4) is 5.75 Å². The molecule has 0 aliphatic carbocycles. The van der Waals surface area contributed by atoms with Gasteiger partial charge in [-0.25, -0.2) is 8.42 Å². The highest BCUT2D eigenvalue weighted by molar-refractivity contribution is 7.89. The maximum absolute atomic E-state index is 13.0. The fourth-order valence-electron chi connectivity index (χ4n) is 3.08. The van der Waals surface area contributed by atoms with Gasteiger partial charge in [0, 0.05) is 24.3 Å². The van der Waals surface area contributed by atoms with Crippen LogP contribution in [0.2, 0.25) is 0 Å². The number of hydrogen-bond donors (Lipinski definition) is 1. The van der Waals surface area contributed by atoms with E-state index in [1.165, 1.54) is 10.4 Å². The lowest BCUT2D eigenvalue weighted by molar-refractivity contribution is 0.0730. The summed E-state index contributed by atoms with van der Waals surface area (Å²) < 4.78 is 38.4. The van der Waals surface area contributed by atoms with Crippen LogP contribution in [0.15, 0.2) is 47.4 Å². The molecule has 30 heavy (non-hydrogen) atoms. The molecule has 162 valence electrons. The summed E-state index contributed by atoms with van der Waals surface area (Å²) in [6, 6.07) is 11.8. The molecule has 1 fully saturated rings. The molecule has 0 aromatic heterocycles. The third-order valence-corrected chi connectivity index (χ3v) is 6.75. The first-order valence-electron chi connectivity index (χ1n) is 10.00. The molecule has 0 unspecified atom stereocenters. The van der Waals surface area contributed by atoms with Gasteiger partial charge in [0.15, 0.2) is 0 Å². The van der Waals surface area contributed by atoms with Gasteiger partial charge in [-0.15, -0.1) is 0 Å². The number of carbonyl (C=O) groups excluding carboxylic acids is 1. The third-order valence-electron chi connectivity index (χ3n) is 4.71. The third kappa shape index (κ3) is 5.38. The molecule has 0 spiro atoms. The second kappa shape index (κ2) is 9.59. The summed E-state index contributed by atoms with van der Waals surface area (Å²) in [7, 11) is -3.66. The van der Waals surface area contributed by atoms with Crippen molar-refractivity contribution in [1.82, 2.24) is 4.31 Å². The minimum absolute atomic E-state index is 0.191. The Morgan fingerprint density at radius 2 is 1.90 bits per heavy atom. The maximum Gasteiger partial charge on any atom is 0.255 e. The van der Waals surface area contributed by atoms with Crippen LogP contribution in [-0.4, -0.2) is 51.5 Å². The molecule has 7 nitrogen and oxygen atoms in total. The molecule has 1 amide bonds. The van der Waals surface area contributed by atoms with Crippen molar-refractivity contribution in [1.29, 1.82) is 0 Å². The van der Waals surface area contributed by atoms with Crippen LogP contribution in [-0.2, 0) is 14.8 Å². The zero-order valence-electron chi connectivity index (χ0n) is 17.6. The summed E-state index contributed by atoms with van der Waals surface area (Å²) in [5, 5.41) is 2.79. The Morgan fingerprint density at radius 3 is 2.60 bits per heavy atom. The number of rotatable bonds is 7. The van der Waals surface area contributed by atoms with E-state index >= 15 is 0 Å². The van der Waals surface area contributed by atoms with E-state index in [9.17, 15) is 13.2 Å². The predicted octanol–water partition coefficient (Wildman–Crippen LogP) is 3.30. The van der Waals surface area contributed by atoms with Gasteiger partial charge in [-0.3, -0.25) is 4.79 Å². The first kappa shape index (κ1) is 22.3. The Hall–Kier alpha value is -2.42. The second-order valence-electron chi connectivity index (χ2n) is 7.68. The number of anilines is 1. The number of benzene rings is 2. The topological polar surface area (TPSA) is 84.9 Å². The molecular weight excluding hydrogens is 404 g/mol. The highest BCUT2D eigenvalue weighted by atomic mass is 32.2. The van der Waals surface area contributed by atoms with Crippen molar-refractivity contribution in [2.75, 3.05) is 38.2 Å². The SMILES string of the molecule is Cc1ccc(NC(=O)c2cccc(OCC(C)C)c2)cc1S(=O)(=O)N1CCOCC1. The molecular formula is C22H28N2O5S. The van der Waals surface area contributed by atoms with E-state index in [1.54, 1.807) is 43.3 Å². The smallest absolute Gasteiger partial charge is 0.255 e. The van der Waals surface area contributed by atoms with Gasteiger partial charge in [0.1, 0.15) is 5.75 Å². The molecule has 0 atom stereocenters. The summed E-state index contributed by atoms with van der Waals surface area (Å²) in [5.41, 5.74) is 1.49. The first-order valence-corrected chi connectivity index (χ1v) is 11.4. The second-order valence-corrected chi connectivity index (χ2v) is 9.59. The van der Waals surface area contributed by atoms with Gasteiger partial charge < -0.3 is 14.8 Å².